The molecule has 9 N–H and O–H groups in total. The number of primary amides is 1. The number of halogens is 8. The highest BCUT2D eigenvalue weighted by Crippen LogP contribution is 2.53. The molecule has 7 atom stereocenters. The number of ether oxygens (including phenoxy) is 2. The number of aliphatic hydroxyl groups excluding tert-OH is 5. The molecule has 1 spiro atoms. The lowest BCUT2D eigenvalue weighted by atomic mass is 9.76. The van der Waals surface area contributed by atoms with E-state index in [4.69, 9.17) is 20.3 Å². The Morgan fingerprint density at radius 2 is 1.67 bits per heavy atom. The van der Waals surface area contributed by atoms with Crippen LogP contribution in [0, 0.1) is 23.5 Å². The van der Waals surface area contributed by atoms with Crippen molar-refractivity contribution in [3.8, 4) is 17.0 Å². The van der Waals surface area contributed by atoms with Crippen molar-refractivity contribution in [2.24, 2.45) is 17.6 Å². The number of hydroxylamine groups is 1. The predicted octanol–water partition coefficient (Wildman–Crippen LogP) is 1.80. The number of carbonyl (C=O) groups is 3. The van der Waals surface area contributed by atoms with Gasteiger partial charge in [-0.2, -0.15) is 30.7 Å². The molecule has 1 aliphatic carbocycles. The molecule has 0 saturated heterocycles. The van der Waals surface area contributed by atoms with E-state index < -0.39 is 136 Å². The van der Waals surface area contributed by atoms with Gasteiger partial charge in [0.2, 0.25) is 5.82 Å². The van der Waals surface area contributed by atoms with E-state index in [9.17, 15) is 66.4 Å². The van der Waals surface area contributed by atoms with Crippen LogP contribution in [0.2, 0.25) is 0 Å². The van der Waals surface area contributed by atoms with Crippen LogP contribution in [0.1, 0.15) is 36.6 Å². The molecule has 2 aromatic carbocycles. The fourth-order valence-corrected chi connectivity index (χ4v) is 7.59. The predicted molar refractivity (Wildman–Crippen MR) is 201 cm³/mol. The van der Waals surface area contributed by atoms with Crippen LogP contribution in [0.3, 0.4) is 0 Å². The van der Waals surface area contributed by atoms with E-state index in [2.05, 4.69) is 15.3 Å². The Hall–Kier alpha value is -5.57. The van der Waals surface area contributed by atoms with Crippen LogP contribution in [0.15, 0.2) is 54.4 Å². The van der Waals surface area contributed by atoms with Crippen molar-refractivity contribution in [1.29, 1.82) is 0 Å². The van der Waals surface area contributed by atoms with Crippen molar-refractivity contribution in [2.75, 3.05) is 38.0 Å². The summed E-state index contributed by atoms with van der Waals surface area (Å²) in [7, 11) is 0. The second-order valence-electron chi connectivity index (χ2n) is 14.9. The van der Waals surface area contributed by atoms with Crippen LogP contribution < -0.4 is 20.8 Å². The van der Waals surface area contributed by atoms with Gasteiger partial charge in [0.1, 0.15) is 42.5 Å². The molecule has 1 saturated carbocycles. The molecule has 3 amide bonds. The Bertz CT molecular complexity index is 2230. The Labute approximate surface area is 357 Å². The van der Waals surface area contributed by atoms with E-state index in [1.165, 1.54) is 0 Å². The van der Waals surface area contributed by atoms with E-state index in [0.29, 0.717) is 24.5 Å². The highest BCUT2D eigenvalue weighted by molar-refractivity contribution is 6.18. The first kappa shape index (κ1) is 49.4. The van der Waals surface area contributed by atoms with Crippen LogP contribution >= 0.6 is 0 Å². The molecule has 1 aliphatic heterocycles. The van der Waals surface area contributed by atoms with Crippen LogP contribution in [0.4, 0.5) is 40.8 Å². The highest BCUT2D eigenvalue weighted by Gasteiger charge is 2.56. The molecule has 1 fully saturated rings. The monoisotopic (exact) mass is 922 g/mol. The zero-order valence-electron chi connectivity index (χ0n) is 33.4. The number of benzene rings is 2. The normalized spacial score (nSPS) is 21.1. The second-order valence-corrected chi connectivity index (χ2v) is 14.9. The Morgan fingerprint density at radius 1 is 0.969 bits per heavy atom. The van der Waals surface area contributed by atoms with Gasteiger partial charge in [0.15, 0.2) is 17.7 Å². The molecule has 64 heavy (non-hydrogen) atoms. The van der Waals surface area contributed by atoms with Gasteiger partial charge in [0.05, 0.1) is 42.3 Å². The molecule has 0 radical (unpaired) electrons. The van der Waals surface area contributed by atoms with Gasteiger partial charge < -0.3 is 46.1 Å². The number of rotatable bonds is 17. The fourth-order valence-electron chi connectivity index (χ4n) is 7.59. The maximum atomic E-state index is 15.9. The second kappa shape index (κ2) is 19.7. The van der Waals surface area contributed by atoms with Crippen LogP contribution in [0.25, 0.3) is 11.3 Å². The van der Waals surface area contributed by atoms with Gasteiger partial charge >= 0.3 is 18.3 Å². The maximum absolute atomic E-state index is 15.9. The molecule has 17 nitrogen and oxygen atoms in total. The van der Waals surface area contributed by atoms with Gasteiger partial charge in [-0.1, -0.05) is 13.0 Å². The average Bonchev–Trinajstić information content (AvgIpc) is 3.55. The molecule has 2 heterocycles. The number of nitrogens with one attached hydrogen (secondary N) is 1. The molecule has 5 rings (SSSR count). The van der Waals surface area contributed by atoms with Gasteiger partial charge in [-0.25, -0.2) is 19.4 Å². The highest BCUT2D eigenvalue weighted by atomic mass is 19.4. The number of hydrogen-bond donors (Lipinski definition) is 8. The van der Waals surface area contributed by atoms with Crippen molar-refractivity contribution in [2.45, 2.75) is 68.5 Å². The lowest BCUT2D eigenvalue weighted by molar-refractivity contribution is -0.171. The summed E-state index contributed by atoms with van der Waals surface area (Å²) < 4.78 is 125. The number of anilines is 1. The van der Waals surface area contributed by atoms with Gasteiger partial charge in [-0.15, -0.1) is 5.17 Å². The summed E-state index contributed by atoms with van der Waals surface area (Å²) in [5.41, 5.74) is -2.20. The third-order valence-electron chi connectivity index (χ3n) is 10.9. The summed E-state index contributed by atoms with van der Waals surface area (Å²) >= 11 is 0. The summed E-state index contributed by atoms with van der Waals surface area (Å²) in [5.74, 6) is -8.97. The largest absolute Gasteiger partial charge is 0.488 e. The van der Waals surface area contributed by atoms with Gasteiger partial charge in [-0.3, -0.25) is 19.6 Å². The van der Waals surface area contributed by atoms with E-state index in [1.54, 1.807) is 6.92 Å². The molecule has 25 heteroatoms. The lowest BCUT2D eigenvalue weighted by Crippen LogP contribution is -2.64. The van der Waals surface area contributed by atoms with Crippen molar-refractivity contribution in [1.82, 2.24) is 20.5 Å². The molecule has 3 aromatic rings. The van der Waals surface area contributed by atoms with Gasteiger partial charge in [0.25, 0.3) is 11.8 Å². The molecular weight excluding hydrogens is 880 g/mol. The number of nitrogens with two attached hydrogens (primary N) is 1. The maximum Gasteiger partial charge on any atom is 0.433 e. The number of amides is 3. The molecule has 350 valence electrons. The first-order valence-corrected chi connectivity index (χ1v) is 19.2. The summed E-state index contributed by atoms with van der Waals surface area (Å²) in [6.07, 6.45) is -17.2. The van der Waals surface area contributed by atoms with E-state index in [0.717, 1.165) is 29.3 Å². The van der Waals surface area contributed by atoms with Crippen molar-refractivity contribution in [3.05, 3.63) is 82.8 Å². The minimum absolute atomic E-state index is 0.112. The van der Waals surface area contributed by atoms with Crippen LogP contribution in [-0.4, -0.2) is 127 Å². The summed E-state index contributed by atoms with van der Waals surface area (Å²) in [4.78, 5) is 45.0. The van der Waals surface area contributed by atoms with E-state index in [1.807, 2.05) is 0 Å². The van der Waals surface area contributed by atoms with Crippen molar-refractivity contribution < 1.29 is 89.7 Å². The third-order valence-corrected chi connectivity index (χ3v) is 10.9. The number of aromatic nitrogens is 2. The van der Waals surface area contributed by atoms with Crippen molar-refractivity contribution in [3.63, 3.8) is 0 Å². The zero-order chi connectivity index (χ0) is 47.5. The Morgan fingerprint density at radius 3 is 2.31 bits per heavy atom. The van der Waals surface area contributed by atoms with E-state index >= 15 is 8.78 Å². The van der Waals surface area contributed by atoms with E-state index in [-0.39, 0.29) is 49.9 Å². The first-order chi connectivity index (χ1) is 29.9. The lowest BCUT2D eigenvalue weighted by Gasteiger charge is -2.51. The number of hydrogen-bond acceptors (Lipinski definition) is 14. The summed E-state index contributed by atoms with van der Waals surface area (Å²) in [5, 5.41) is 61.9. The summed E-state index contributed by atoms with van der Waals surface area (Å²) in [6, 6.07) is 4.34. The number of carbonyl (C=O) groups excluding carboxylic acids is 3. The number of aliphatic hydroxyl groups is 5. The number of hydrazine groups is 1. The Kier molecular flexibility index (Phi) is 15.2. The Balaban J connectivity index is 1.39. The number of nitrogens with zero attached hydrogens (tertiary/aromatic N) is 4. The quantitative estimate of drug-likeness (QED) is 0.0416. The van der Waals surface area contributed by atoms with Crippen LogP contribution in [-0.2, 0) is 37.9 Å². The van der Waals surface area contributed by atoms with Crippen LogP contribution in [0.5, 0.6) is 5.75 Å². The molecule has 1 aromatic heterocycles. The minimum atomic E-state index is -5.08. The topological polar surface area (TPSA) is 261 Å². The number of alkyl halides is 6. The smallest absolute Gasteiger partial charge is 0.433 e. The third kappa shape index (κ3) is 10.3. The van der Waals surface area contributed by atoms with Gasteiger partial charge in [0, 0.05) is 12.1 Å². The SMILES string of the molecule is CC1CCC2(C=C(C(N)=O)C(=O)N(O)N2c2ccc(C(F)(F)F)cc2-c2cc(C(F)(F)F)ncn2)C1Cc1ccc(OCCOCCNC(=O)[C@@H](O)[C@H](O)[C@@H](O)[C@@H](O)CO)c(F)c1F. The van der Waals surface area contributed by atoms with Gasteiger partial charge in [-0.05, 0) is 73.1 Å². The molecule has 2 aliphatic rings. The first-order valence-electron chi connectivity index (χ1n) is 19.2. The van der Waals surface area contributed by atoms with Crippen molar-refractivity contribution >= 4 is 23.4 Å². The standard InChI is InChI=1S/C39H42F8N6O11/c1-18-6-7-37(23(18)12-19-2-5-27(30(41)29(19)40)64-11-10-63-9-8-49-35(60)33(58)32(57)31(56)26(55)16-54)15-22(34(48)59)36(61)53(62)52(37)25-4-3-20(38(42,43)44)13-21(25)24-14-28(39(45,46)47)51-17-50-24/h2-5,13-15,17-18,23,26,31-33,54-58,62H,6-12,16H2,1H3,(H2,48,59)(H,49,60)/t18?,23?,26-,31-,32+,33-,37?/m0/s1. The average molecular weight is 923 g/mol. The zero-order valence-corrected chi connectivity index (χ0v) is 33.4. The fraction of sp³-hybridized carbons (Fsp3) is 0.462. The molecule has 3 unspecified atom stereocenters. The molecular formula is C39H42F8N6O11. The summed E-state index contributed by atoms with van der Waals surface area (Å²) in [6.45, 7) is -0.357. The molecule has 0 bridgehead atoms. The minimum Gasteiger partial charge on any atom is -0.488 e.